The summed E-state index contributed by atoms with van der Waals surface area (Å²) in [6, 6.07) is 6.67. The van der Waals surface area contributed by atoms with E-state index in [1.165, 1.54) is 14.0 Å². The van der Waals surface area contributed by atoms with Crippen LogP contribution in [0.4, 0.5) is 0 Å². The lowest BCUT2D eigenvalue weighted by Crippen LogP contribution is -2.42. The van der Waals surface area contributed by atoms with Crippen molar-refractivity contribution >= 4 is 40.5 Å². The van der Waals surface area contributed by atoms with E-state index in [-0.39, 0.29) is 18.2 Å². The van der Waals surface area contributed by atoms with Gasteiger partial charge in [0, 0.05) is 42.3 Å². The summed E-state index contributed by atoms with van der Waals surface area (Å²) in [7, 11) is 1.27. The Balaban J connectivity index is 1.80. The molecule has 2 amide bonds. The Hall–Kier alpha value is -4.21. The van der Waals surface area contributed by atoms with Crippen LogP contribution in [0.5, 0.6) is 0 Å². The number of hydrazone groups is 1. The van der Waals surface area contributed by atoms with E-state index in [2.05, 4.69) is 30.8 Å². The largest absolute Gasteiger partial charge is 0.467 e. The van der Waals surface area contributed by atoms with Crippen molar-refractivity contribution in [3.05, 3.63) is 59.3 Å². The van der Waals surface area contributed by atoms with Crippen LogP contribution in [0, 0.1) is 0 Å². The molecular weight excluding hydrogens is 400 g/mol. The first kappa shape index (κ1) is 20.1. The van der Waals surface area contributed by atoms with E-state index in [1.807, 2.05) is 24.3 Å². The first-order valence-electron chi connectivity index (χ1n) is 9.52. The quantitative estimate of drug-likeness (QED) is 0.348. The lowest BCUT2D eigenvalue weighted by molar-refractivity contribution is -0.144. The van der Waals surface area contributed by atoms with Gasteiger partial charge < -0.3 is 20.0 Å². The molecule has 3 aromatic rings. The second kappa shape index (κ2) is 8.27. The molecule has 3 heterocycles. The number of para-hydroxylation sites is 1. The van der Waals surface area contributed by atoms with Crippen LogP contribution in [0.25, 0.3) is 17.0 Å². The number of nitrogens with zero attached hydrogens (tertiary/aromatic N) is 2. The number of aromatic nitrogens is 3. The zero-order valence-electron chi connectivity index (χ0n) is 16.9. The van der Waals surface area contributed by atoms with Gasteiger partial charge in [0.25, 0.3) is 5.91 Å². The number of carbonyl (C=O) groups excluding carboxylic acids is 3. The molecule has 4 N–H and O–H groups in total. The van der Waals surface area contributed by atoms with Crippen LogP contribution < -0.4 is 10.7 Å². The van der Waals surface area contributed by atoms with Crippen LogP contribution in [-0.4, -0.2) is 51.6 Å². The average molecular weight is 420 g/mol. The summed E-state index contributed by atoms with van der Waals surface area (Å²) in [6.45, 7) is 1.34. The number of imidazole rings is 1. The molecule has 1 atom stereocenters. The topological polar surface area (TPSA) is 141 Å². The van der Waals surface area contributed by atoms with Crippen LogP contribution in [-0.2, 0) is 25.5 Å². The van der Waals surface area contributed by atoms with Crippen LogP contribution in [0.1, 0.15) is 24.0 Å². The number of methoxy groups -OCH3 is 1. The molecule has 1 aliphatic rings. The van der Waals surface area contributed by atoms with Gasteiger partial charge in [-0.05, 0) is 17.7 Å². The molecule has 0 radical (unpaired) electrons. The van der Waals surface area contributed by atoms with Crippen molar-refractivity contribution in [1.29, 1.82) is 0 Å². The molecular formula is C21H20N6O4. The Kier molecular flexibility index (Phi) is 5.35. The number of aromatic amines is 2. The lowest BCUT2D eigenvalue weighted by Gasteiger charge is -2.16. The van der Waals surface area contributed by atoms with Crippen molar-refractivity contribution in [3.63, 3.8) is 0 Å². The molecule has 0 aliphatic carbocycles. The zero-order chi connectivity index (χ0) is 22.0. The smallest absolute Gasteiger partial charge is 0.328 e. The third kappa shape index (κ3) is 3.95. The summed E-state index contributed by atoms with van der Waals surface area (Å²) in [4.78, 5) is 46.7. The van der Waals surface area contributed by atoms with Gasteiger partial charge >= 0.3 is 5.97 Å². The number of carbonyl (C=O) groups is 3. The molecule has 10 heteroatoms. The van der Waals surface area contributed by atoms with Crippen molar-refractivity contribution in [1.82, 2.24) is 25.7 Å². The molecule has 0 bridgehead atoms. The fourth-order valence-corrected chi connectivity index (χ4v) is 3.54. The normalized spacial score (nSPS) is 15.6. The number of H-pyrrole nitrogens is 2. The van der Waals surface area contributed by atoms with Gasteiger partial charge in [0.05, 0.1) is 12.7 Å². The monoisotopic (exact) mass is 420 g/mol. The van der Waals surface area contributed by atoms with E-state index in [1.54, 1.807) is 18.5 Å². The predicted octanol–water partition coefficient (Wildman–Crippen LogP) is 1.03. The number of rotatable bonds is 6. The lowest BCUT2D eigenvalue weighted by atomic mass is 10.00. The van der Waals surface area contributed by atoms with Gasteiger partial charge in [0.2, 0.25) is 5.91 Å². The molecule has 31 heavy (non-hydrogen) atoms. The second-order valence-electron chi connectivity index (χ2n) is 6.94. The Labute approximate surface area is 176 Å². The Morgan fingerprint density at radius 1 is 1.29 bits per heavy atom. The van der Waals surface area contributed by atoms with E-state index < -0.39 is 12.0 Å². The highest BCUT2D eigenvalue weighted by molar-refractivity contribution is 6.32. The number of esters is 1. The van der Waals surface area contributed by atoms with Crippen LogP contribution in [0.3, 0.4) is 0 Å². The molecule has 4 rings (SSSR count). The number of nitrogens with one attached hydrogen (secondary N) is 4. The zero-order valence-corrected chi connectivity index (χ0v) is 16.9. The number of amides is 2. The molecule has 0 spiro atoms. The Morgan fingerprint density at radius 2 is 2.10 bits per heavy atom. The van der Waals surface area contributed by atoms with Crippen LogP contribution in [0.15, 0.2) is 47.3 Å². The van der Waals surface area contributed by atoms with Crippen molar-refractivity contribution < 1.29 is 19.1 Å². The minimum Gasteiger partial charge on any atom is -0.467 e. The molecule has 2 aromatic heterocycles. The maximum Gasteiger partial charge on any atom is 0.328 e. The summed E-state index contributed by atoms with van der Waals surface area (Å²) >= 11 is 0. The van der Waals surface area contributed by atoms with Crippen molar-refractivity contribution in [2.24, 2.45) is 5.10 Å². The molecule has 158 valence electrons. The van der Waals surface area contributed by atoms with Gasteiger partial charge in [-0.25, -0.2) is 15.2 Å². The number of hydrogen-bond donors (Lipinski definition) is 4. The number of fused-ring (bicyclic) bond motifs is 1. The van der Waals surface area contributed by atoms with E-state index in [9.17, 15) is 14.4 Å². The number of benzene rings is 1. The predicted molar refractivity (Wildman–Crippen MR) is 113 cm³/mol. The summed E-state index contributed by atoms with van der Waals surface area (Å²) in [5.41, 5.74) is 5.35. The van der Waals surface area contributed by atoms with E-state index in [4.69, 9.17) is 4.74 Å². The third-order valence-corrected chi connectivity index (χ3v) is 4.90. The Bertz CT molecular complexity index is 1220. The first-order valence-corrected chi connectivity index (χ1v) is 9.52. The third-order valence-electron chi connectivity index (χ3n) is 4.90. The fourth-order valence-electron chi connectivity index (χ4n) is 3.54. The van der Waals surface area contributed by atoms with Crippen molar-refractivity contribution in [3.8, 4) is 0 Å². The van der Waals surface area contributed by atoms with Gasteiger partial charge in [-0.2, -0.15) is 5.10 Å². The summed E-state index contributed by atoms with van der Waals surface area (Å²) in [5.74, 6) is -0.830. The van der Waals surface area contributed by atoms with Gasteiger partial charge in [-0.15, -0.1) is 0 Å². The second-order valence-corrected chi connectivity index (χ2v) is 6.94. The summed E-state index contributed by atoms with van der Waals surface area (Å²) in [6.07, 6.45) is 5.05. The Morgan fingerprint density at radius 3 is 2.81 bits per heavy atom. The highest BCUT2D eigenvalue weighted by atomic mass is 16.5. The van der Waals surface area contributed by atoms with Crippen LogP contribution in [0.2, 0.25) is 0 Å². The molecule has 0 saturated heterocycles. The van der Waals surface area contributed by atoms with Gasteiger partial charge in [0.15, 0.2) is 5.82 Å². The first-order chi connectivity index (χ1) is 15.0. The molecule has 1 aromatic carbocycles. The van der Waals surface area contributed by atoms with Crippen molar-refractivity contribution in [2.45, 2.75) is 19.4 Å². The maximum absolute atomic E-state index is 12.5. The van der Waals surface area contributed by atoms with Crippen LogP contribution >= 0.6 is 0 Å². The number of ether oxygens (including phenoxy) is 1. The SMILES string of the molecule is COC(=O)C(Cc1c(C=C2C(=O)NN=C2c2ncc[nH]2)[nH]c2ccccc12)NC(C)=O. The highest BCUT2D eigenvalue weighted by Gasteiger charge is 2.28. The molecule has 0 fully saturated rings. The van der Waals surface area contributed by atoms with Gasteiger partial charge in [0.1, 0.15) is 11.8 Å². The molecule has 10 nitrogen and oxygen atoms in total. The van der Waals surface area contributed by atoms with Gasteiger partial charge in [-0.3, -0.25) is 9.59 Å². The minimum absolute atomic E-state index is 0.171. The molecule has 1 unspecified atom stereocenters. The number of hydrogen-bond acceptors (Lipinski definition) is 6. The molecule has 1 aliphatic heterocycles. The van der Waals surface area contributed by atoms with E-state index in [0.717, 1.165) is 16.5 Å². The minimum atomic E-state index is -0.880. The van der Waals surface area contributed by atoms with Crippen molar-refractivity contribution in [2.75, 3.05) is 7.11 Å². The highest BCUT2D eigenvalue weighted by Crippen LogP contribution is 2.27. The maximum atomic E-state index is 12.5. The van der Waals surface area contributed by atoms with Gasteiger partial charge in [-0.1, -0.05) is 18.2 Å². The standard InChI is InChI=1S/C21H20N6O4/c1-11(28)24-17(21(30)31-2)9-13-12-5-3-4-6-15(12)25-16(13)10-14-18(26-27-20(14)29)19-22-7-8-23-19/h3-8,10,17,25H,9H2,1-2H3,(H,22,23)(H,24,28)(H,27,29). The van der Waals surface area contributed by atoms with E-state index >= 15 is 0 Å². The van der Waals surface area contributed by atoms with E-state index in [0.29, 0.717) is 22.8 Å². The summed E-state index contributed by atoms with van der Waals surface area (Å²) < 4.78 is 4.86. The fraction of sp³-hybridized carbons (Fsp3) is 0.190. The molecule has 0 saturated carbocycles. The summed E-state index contributed by atoms with van der Waals surface area (Å²) in [5, 5.41) is 7.56. The average Bonchev–Trinajstić information content (AvgIpc) is 3.47.